The highest BCUT2D eigenvalue weighted by atomic mass is 16.2. The van der Waals surface area contributed by atoms with Gasteiger partial charge in [0.15, 0.2) is 0 Å². The number of aromatic amines is 1. The Morgan fingerprint density at radius 3 is 2.87 bits per heavy atom. The summed E-state index contributed by atoms with van der Waals surface area (Å²) in [6.45, 7) is 3.62. The predicted octanol–water partition coefficient (Wildman–Crippen LogP) is 1.50. The molecule has 0 spiro atoms. The van der Waals surface area contributed by atoms with Gasteiger partial charge in [-0.05, 0) is 12.5 Å². The average molecular weight is 312 g/mol. The van der Waals surface area contributed by atoms with Gasteiger partial charge in [0.1, 0.15) is 0 Å². The first-order chi connectivity index (χ1) is 11.1. The lowest BCUT2D eigenvalue weighted by Gasteiger charge is -2.17. The first-order valence-electron chi connectivity index (χ1n) is 7.73. The third-order valence-electron chi connectivity index (χ3n) is 4.14. The number of hydrogen-bond donors (Lipinski definition) is 2. The number of carbonyl (C=O) groups excluding carboxylic acids is 2. The van der Waals surface area contributed by atoms with Crippen LogP contribution in [0.3, 0.4) is 0 Å². The molecule has 2 heterocycles. The van der Waals surface area contributed by atoms with Crippen LogP contribution in [0.25, 0.3) is 0 Å². The van der Waals surface area contributed by atoms with Crippen molar-refractivity contribution >= 4 is 11.8 Å². The van der Waals surface area contributed by atoms with E-state index in [1.165, 1.54) is 6.20 Å². The molecule has 23 heavy (non-hydrogen) atoms. The minimum Gasteiger partial charge on any atom is -0.352 e. The third kappa shape index (κ3) is 3.59. The molecule has 1 saturated heterocycles. The summed E-state index contributed by atoms with van der Waals surface area (Å²) >= 11 is 0. The highest BCUT2D eigenvalue weighted by molar-refractivity contribution is 5.95. The Balaban J connectivity index is 1.52. The Hall–Kier alpha value is -2.63. The van der Waals surface area contributed by atoms with E-state index in [1.54, 1.807) is 0 Å². The summed E-state index contributed by atoms with van der Waals surface area (Å²) in [6.07, 6.45) is 2.00. The fraction of sp³-hybridized carbons (Fsp3) is 0.353. The van der Waals surface area contributed by atoms with Crippen molar-refractivity contribution in [2.45, 2.75) is 19.9 Å². The van der Waals surface area contributed by atoms with Crippen LogP contribution in [0.2, 0.25) is 0 Å². The zero-order valence-corrected chi connectivity index (χ0v) is 13.1. The number of nitrogens with zero attached hydrogens (tertiary/aromatic N) is 2. The lowest BCUT2D eigenvalue weighted by atomic mass is 10.1. The van der Waals surface area contributed by atoms with E-state index in [0.717, 1.165) is 11.3 Å². The molecule has 1 aliphatic heterocycles. The molecule has 2 amide bonds. The van der Waals surface area contributed by atoms with Gasteiger partial charge in [0.05, 0.1) is 11.8 Å². The van der Waals surface area contributed by atoms with Crippen LogP contribution in [0.5, 0.6) is 0 Å². The second kappa shape index (κ2) is 6.64. The molecule has 6 nitrogen and oxygen atoms in total. The van der Waals surface area contributed by atoms with E-state index in [9.17, 15) is 9.59 Å². The summed E-state index contributed by atoms with van der Waals surface area (Å²) in [7, 11) is 0. The van der Waals surface area contributed by atoms with Gasteiger partial charge in [-0.25, -0.2) is 0 Å². The fourth-order valence-corrected chi connectivity index (χ4v) is 2.86. The molecule has 1 aliphatic rings. The number of amides is 2. The maximum absolute atomic E-state index is 12.1. The molecule has 3 rings (SSSR count). The van der Waals surface area contributed by atoms with Crippen LogP contribution in [0, 0.1) is 12.8 Å². The first kappa shape index (κ1) is 15.3. The highest BCUT2D eigenvalue weighted by Crippen LogP contribution is 2.19. The van der Waals surface area contributed by atoms with E-state index in [-0.39, 0.29) is 17.7 Å². The minimum absolute atomic E-state index is 0.146. The number of carbonyl (C=O) groups is 2. The minimum atomic E-state index is -0.148. The van der Waals surface area contributed by atoms with E-state index in [1.807, 2.05) is 42.2 Å². The van der Waals surface area contributed by atoms with Gasteiger partial charge in [0.2, 0.25) is 5.91 Å². The second-order valence-electron chi connectivity index (χ2n) is 5.95. The maximum atomic E-state index is 12.1. The second-order valence-corrected chi connectivity index (χ2v) is 5.95. The topological polar surface area (TPSA) is 78.1 Å². The fourth-order valence-electron chi connectivity index (χ4n) is 2.86. The molecule has 0 aliphatic carbocycles. The molecule has 0 bridgehead atoms. The zero-order valence-electron chi connectivity index (χ0n) is 13.1. The van der Waals surface area contributed by atoms with E-state index >= 15 is 0 Å². The van der Waals surface area contributed by atoms with Crippen LogP contribution in [-0.2, 0) is 11.3 Å². The van der Waals surface area contributed by atoms with Gasteiger partial charge in [-0.15, -0.1) is 0 Å². The van der Waals surface area contributed by atoms with Crippen LogP contribution < -0.4 is 5.32 Å². The Kier molecular flexibility index (Phi) is 4.41. The highest BCUT2D eigenvalue weighted by Gasteiger charge is 2.29. The van der Waals surface area contributed by atoms with Gasteiger partial charge >= 0.3 is 0 Å². The molecule has 0 radical (unpaired) electrons. The average Bonchev–Trinajstić information content (AvgIpc) is 3.12. The van der Waals surface area contributed by atoms with Crippen LogP contribution >= 0.6 is 0 Å². The number of benzene rings is 1. The van der Waals surface area contributed by atoms with E-state index < -0.39 is 0 Å². The lowest BCUT2D eigenvalue weighted by molar-refractivity contribution is -0.128. The number of aromatic nitrogens is 2. The molecule has 2 aromatic rings. The Bertz CT molecular complexity index is 696. The van der Waals surface area contributed by atoms with Gasteiger partial charge in [0.25, 0.3) is 5.91 Å². The molecule has 1 atom stereocenters. The number of nitrogens with one attached hydrogen (secondary N) is 2. The smallest absolute Gasteiger partial charge is 0.254 e. The number of H-pyrrole nitrogens is 1. The SMILES string of the molecule is Cc1[nH]ncc1C(=O)NCC1CC(=O)N(Cc2ccccc2)C1. The van der Waals surface area contributed by atoms with Crippen LogP contribution in [0.4, 0.5) is 0 Å². The summed E-state index contributed by atoms with van der Waals surface area (Å²) in [4.78, 5) is 26.0. The van der Waals surface area contributed by atoms with Crippen LogP contribution in [0.1, 0.15) is 28.0 Å². The number of aryl methyl sites for hydroxylation is 1. The summed E-state index contributed by atoms with van der Waals surface area (Å²) < 4.78 is 0. The van der Waals surface area contributed by atoms with Crippen molar-refractivity contribution in [3.05, 3.63) is 53.3 Å². The molecular weight excluding hydrogens is 292 g/mol. The van der Waals surface area contributed by atoms with Crippen molar-refractivity contribution in [3.63, 3.8) is 0 Å². The molecule has 0 saturated carbocycles. The predicted molar refractivity (Wildman–Crippen MR) is 85.6 cm³/mol. The summed E-state index contributed by atoms with van der Waals surface area (Å²) in [5.41, 5.74) is 2.42. The summed E-state index contributed by atoms with van der Waals surface area (Å²) in [6, 6.07) is 9.95. The van der Waals surface area contributed by atoms with Gasteiger partial charge in [-0.3, -0.25) is 14.7 Å². The van der Waals surface area contributed by atoms with E-state index in [4.69, 9.17) is 0 Å². The van der Waals surface area contributed by atoms with E-state index in [0.29, 0.717) is 31.6 Å². The van der Waals surface area contributed by atoms with Crippen molar-refractivity contribution in [1.82, 2.24) is 20.4 Å². The molecule has 1 unspecified atom stereocenters. The largest absolute Gasteiger partial charge is 0.352 e. The monoisotopic (exact) mass is 312 g/mol. The van der Waals surface area contributed by atoms with E-state index in [2.05, 4.69) is 15.5 Å². The number of rotatable bonds is 5. The summed E-state index contributed by atoms with van der Waals surface area (Å²) in [5.74, 6) is 0.153. The Morgan fingerprint density at radius 2 is 2.17 bits per heavy atom. The third-order valence-corrected chi connectivity index (χ3v) is 4.14. The normalized spacial score (nSPS) is 17.5. The zero-order chi connectivity index (χ0) is 16.2. The van der Waals surface area contributed by atoms with Crippen molar-refractivity contribution in [2.24, 2.45) is 5.92 Å². The van der Waals surface area contributed by atoms with Crippen molar-refractivity contribution in [2.75, 3.05) is 13.1 Å². The molecule has 1 fully saturated rings. The lowest BCUT2D eigenvalue weighted by Crippen LogP contribution is -2.31. The van der Waals surface area contributed by atoms with Gasteiger partial charge in [-0.1, -0.05) is 30.3 Å². The van der Waals surface area contributed by atoms with Crippen molar-refractivity contribution in [1.29, 1.82) is 0 Å². The van der Waals surface area contributed by atoms with Crippen molar-refractivity contribution < 1.29 is 9.59 Å². The standard InChI is InChI=1S/C17H20N4O2/c1-12-15(9-19-20-12)17(23)18-8-14-7-16(22)21(11-14)10-13-5-3-2-4-6-13/h2-6,9,14H,7-8,10-11H2,1H3,(H,18,23)(H,19,20). The van der Waals surface area contributed by atoms with Crippen molar-refractivity contribution in [3.8, 4) is 0 Å². The molecule has 2 N–H and O–H groups in total. The number of hydrogen-bond acceptors (Lipinski definition) is 3. The van der Waals surface area contributed by atoms with Gasteiger partial charge in [-0.2, -0.15) is 5.10 Å². The first-order valence-corrected chi connectivity index (χ1v) is 7.73. The Labute approximate surface area is 134 Å². The molecule has 6 heteroatoms. The van der Waals surface area contributed by atoms with Crippen LogP contribution in [-0.4, -0.2) is 40.0 Å². The molecule has 120 valence electrons. The summed E-state index contributed by atoms with van der Waals surface area (Å²) in [5, 5.41) is 9.49. The van der Waals surface area contributed by atoms with Crippen LogP contribution in [0.15, 0.2) is 36.5 Å². The van der Waals surface area contributed by atoms with Gasteiger partial charge in [0, 0.05) is 37.7 Å². The molecule has 1 aromatic heterocycles. The molecule has 1 aromatic carbocycles. The Morgan fingerprint density at radius 1 is 1.39 bits per heavy atom. The maximum Gasteiger partial charge on any atom is 0.254 e. The quantitative estimate of drug-likeness (QED) is 0.878. The molecular formula is C17H20N4O2. The van der Waals surface area contributed by atoms with Gasteiger partial charge < -0.3 is 10.2 Å². The number of likely N-dealkylation sites (tertiary alicyclic amines) is 1.